The van der Waals surface area contributed by atoms with Crippen LogP contribution in [0.5, 0.6) is 0 Å². The van der Waals surface area contributed by atoms with Gasteiger partial charge in [-0.2, -0.15) is 0 Å². The zero-order valence-electron chi connectivity index (χ0n) is 9.58. The maximum absolute atomic E-state index is 11.3. The molecule has 94 valence electrons. The van der Waals surface area contributed by atoms with E-state index >= 15 is 0 Å². The Morgan fingerprint density at radius 2 is 2.12 bits per heavy atom. The first-order valence-electron chi connectivity index (χ1n) is 5.01. The summed E-state index contributed by atoms with van der Waals surface area (Å²) in [6, 6.07) is 5.60. The quantitative estimate of drug-likeness (QED) is 0.803. The first-order chi connectivity index (χ1) is 7.86. The van der Waals surface area contributed by atoms with E-state index in [0.717, 1.165) is 6.26 Å². The first kappa shape index (κ1) is 13.7. The molecule has 0 saturated carbocycles. The number of benzene rings is 1. The molecule has 0 amide bonds. The molecule has 6 heteroatoms. The molecule has 5 nitrogen and oxygen atoms in total. The van der Waals surface area contributed by atoms with Crippen LogP contribution in [0.2, 0.25) is 0 Å². The zero-order chi connectivity index (χ0) is 13.1. The molecule has 0 heterocycles. The van der Waals surface area contributed by atoms with Gasteiger partial charge in [-0.3, -0.25) is 0 Å². The van der Waals surface area contributed by atoms with Gasteiger partial charge in [0, 0.05) is 6.26 Å². The number of carbonyl (C=O) groups is 1. The lowest BCUT2D eigenvalue weighted by atomic mass is 10.1. The maximum Gasteiger partial charge on any atom is 0.339 e. The van der Waals surface area contributed by atoms with Crippen LogP contribution in [-0.4, -0.2) is 32.4 Å². The van der Waals surface area contributed by atoms with Crippen molar-refractivity contribution in [3.63, 3.8) is 0 Å². The van der Waals surface area contributed by atoms with Gasteiger partial charge in [0.1, 0.15) is 0 Å². The van der Waals surface area contributed by atoms with E-state index in [-0.39, 0.29) is 17.1 Å². The Kier molecular flexibility index (Phi) is 4.25. The van der Waals surface area contributed by atoms with Crippen LogP contribution in [0.25, 0.3) is 0 Å². The van der Waals surface area contributed by atoms with Gasteiger partial charge in [0.05, 0.1) is 11.5 Å². The third-order valence-electron chi connectivity index (χ3n) is 2.11. The Morgan fingerprint density at radius 3 is 2.65 bits per heavy atom. The van der Waals surface area contributed by atoms with Gasteiger partial charge in [0.15, 0.2) is 15.9 Å². The SMILES string of the molecule is CCOC(=O)C(O)c1cccc(S(C)(=O)=O)c1. The van der Waals surface area contributed by atoms with Crippen molar-refractivity contribution in [1.82, 2.24) is 0 Å². The topological polar surface area (TPSA) is 80.7 Å². The summed E-state index contributed by atoms with van der Waals surface area (Å²) >= 11 is 0. The lowest BCUT2D eigenvalue weighted by Gasteiger charge is -2.10. The van der Waals surface area contributed by atoms with Crippen LogP contribution in [-0.2, 0) is 19.4 Å². The molecule has 0 aliphatic rings. The van der Waals surface area contributed by atoms with Crippen LogP contribution in [0.3, 0.4) is 0 Å². The summed E-state index contributed by atoms with van der Waals surface area (Å²) in [5.41, 5.74) is 0.200. The second-order valence-electron chi connectivity index (χ2n) is 3.50. The van der Waals surface area contributed by atoms with Gasteiger partial charge < -0.3 is 9.84 Å². The third kappa shape index (κ3) is 3.54. The van der Waals surface area contributed by atoms with E-state index in [1.807, 2.05) is 0 Å². The van der Waals surface area contributed by atoms with Crippen LogP contribution in [0.15, 0.2) is 29.2 Å². The van der Waals surface area contributed by atoms with Gasteiger partial charge in [-0.15, -0.1) is 0 Å². The Labute approximate surface area is 100.0 Å². The first-order valence-corrected chi connectivity index (χ1v) is 6.90. The third-order valence-corrected chi connectivity index (χ3v) is 3.22. The normalized spacial score (nSPS) is 13.1. The number of carbonyl (C=O) groups excluding carboxylic acids is 1. The van der Waals surface area contributed by atoms with Crippen molar-refractivity contribution in [3.05, 3.63) is 29.8 Å². The Morgan fingerprint density at radius 1 is 1.47 bits per heavy atom. The predicted molar refractivity (Wildman–Crippen MR) is 61.1 cm³/mol. The minimum absolute atomic E-state index is 0.0540. The van der Waals surface area contributed by atoms with Gasteiger partial charge in [0.25, 0.3) is 0 Å². The average molecular weight is 258 g/mol. The molecule has 0 spiro atoms. The van der Waals surface area contributed by atoms with Crippen LogP contribution in [0.4, 0.5) is 0 Å². The fourth-order valence-corrected chi connectivity index (χ4v) is 1.95. The van der Waals surface area contributed by atoms with Crippen LogP contribution >= 0.6 is 0 Å². The summed E-state index contributed by atoms with van der Waals surface area (Å²) in [4.78, 5) is 11.3. The van der Waals surface area contributed by atoms with E-state index in [1.54, 1.807) is 6.92 Å². The summed E-state index contributed by atoms with van der Waals surface area (Å²) < 4.78 is 27.3. The smallest absolute Gasteiger partial charge is 0.339 e. The number of rotatable bonds is 4. The summed E-state index contributed by atoms with van der Waals surface area (Å²) in [6.07, 6.45) is -0.403. The van der Waals surface area contributed by atoms with Crippen molar-refractivity contribution in [2.24, 2.45) is 0 Å². The van der Waals surface area contributed by atoms with E-state index in [4.69, 9.17) is 0 Å². The molecule has 0 fully saturated rings. The highest BCUT2D eigenvalue weighted by Gasteiger charge is 2.20. The zero-order valence-corrected chi connectivity index (χ0v) is 10.4. The van der Waals surface area contributed by atoms with Crippen molar-refractivity contribution in [2.45, 2.75) is 17.9 Å². The highest BCUT2D eigenvalue weighted by Crippen LogP contribution is 2.18. The maximum atomic E-state index is 11.3. The van der Waals surface area contributed by atoms with Crippen molar-refractivity contribution in [2.75, 3.05) is 12.9 Å². The van der Waals surface area contributed by atoms with Crippen molar-refractivity contribution in [3.8, 4) is 0 Å². The molecule has 1 unspecified atom stereocenters. The highest BCUT2D eigenvalue weighted by atomic mass is 32.2. The molecule has 1 aromatic rings. The van der Waals surface area contributed by atoms with Crippen molar-refractivity contribution >= 4 is 15.8 Å². The van der Waals surface area contributed by atoms with Crippen LogP contribution in [0, 0.1) is 0 Å². The average Bonchev–Trinajstić information content (AvgIpc) is 2.27. The molecule has 17 heavy (non-hydrogen) atoms. The minimum Gasteiger partial charge on any atom is -0.464 e. The van der Waals surface area contributed by atoms with Crippen molar-refractivity contribution in [1.29, 1.82) is 0 Å². The molecule has 1 N–H and O–H groups in total. The second kappa shape index (κ2) is 5.29. The van der Waals surface area contributed by atoms with Crippen molar-refractivity contribution < 1.29 is 23.1 Å². The summed E-state index contributed by atoms with van der Waals surface area (Å²) in [7, 11) is -3.36. The molecule has 0 bridgehead atoms. The number of esters is 1. The summed E-state index contributed by atoms with van der Waals surface area (Å²) in [5, 5.41) is 9.64. The fraction of sp³-hybridized carbons (Fsp3) is 0.364. The Balaban J connectivity index is 3.04. The van der Waals surface area contributed by atoms with E-state index < -0.39 is 21.9 Å². The molecular formula is C11H14O5S. The highest BCUT2D eigenvalue weighted by molar-refractivity contribution is 7.90. The number of hydrogen-bond donors (Lipinski definition) is 1. The van der Waals surface area contributed by atoms with E-state index in [0.29, 0.717) is 0 Å². The van der Waals surface area contributed by atoms with Gasteiger partial charge in [-0.25, -0.2) is 13.2 Å². The minimum atomic E-state index is -3.36. The second-order valence-corrected chi connectivity index (χ2v) is 5.51. The predicted octanol–water partition coefficient (Wildman–Crippen LogP) is 0.687. The Hall–Kier alpha value is -1.40. The lowest BCUT2D eigenvalue weighted by Crippen LogP contribution is -2.15. The van der Waals surface area contributed by atoms with Crippen LogP contribution in [0.1, 0.15) is 18.6 Å². The number of hydrogen-bond acceptors (Lipinski definition) is 5. The van der Waals surface area contributed by atoms with Gasteiger partial charge in [0.2, 0.25) is 0 Å². The molecule has 1 atom stereocenters. The molecular weight excluding hydrogens is 244 g/mol. The standard InChI is InChI=1S/C11H14O5S/c1-3-16-11(13)10(12)8-5-4-6-9(7-8)17(2,14)15/h4-7,10,12H,3H2,1-2H3. The van der Waals surface area contributed by atoms with Gasteiger partial charge in [-0.05, 0) is 24.6 Å². The monoisotopic (exact) mass is 258 g/mol. The van der Waals surface area contributed by atoms with Gasteiger partial charge in [-0.1, -0.05) is 12.1 Å². The van der Waals surface area contributed by atoms with Gasteiger partial charge >= 0.3 is 5.97 Å². The number of aliphatic hydroxyl groups excluding tert-OH is 1. The molecule has 0 aromatic heterocycles. The fourth-order valence-electron chi connectivity index (χ4n) is 1.27. The molecule has 0 aliphatic heterocycles. The summed E-state index contributed by atoms with van der Waals surface area (Å²) in [5.74, 6) is -0.793. The number of ether oxygens (including phenoxy) is 1. The van der Waals surface area contributed by atoms with E-state index in [1.165, 1.54) is 24.3 Å². The number of aliphatic hydroxyl groups is 1. The molecule has 0 radical (unpaired) electrons. The molecule has 1 rings (SSSR count). The largest absolute Gasteiger partial charge is 0.464 e. The Bertz CT molecular complexity index is 506. The summed E-state index contributed by atoms with van der Waals surface area (Å²) in [6.45, 7) is 1.78. The molecule has 0 aliphatic carbocycles. The van der Waals surface area contributed by atoms with E-state index in [9.17, 15) is 18.3 Å². The number of sulfone groups is 1. The van der Waals surface area contributed by atoms with E-state index in [2.05, 4.69) is 4.74 Å². The lowest BCUT2D eigenvalue weighted by molar-refractivity contribution is -0.153. The molecule has 0 saturated heterocycles. The molecule has 1 aromatic carbocycles. The van der Waals surface area contributed by atoms with Crippen LogP contribution < -0.4 is 0 Å².